The Morgan fingerprint density at radius 1 is 0.583 bits per heavy atom. The van der Waals surface area contributed by atoms with Crippen molar-refractivity contribution in [1.29, 1.82) is 0 Å². The molecular weight excluding hydrogens is 347 g/mol. The highest BCUT2D eigenvalue weighted by molar-refractivity contribution is 6.32. The van der Waals surface area contributed by atoms with E-state index in [1.54, 1.807) is 36.4 Å². The zero-order valence-corrected chi connectivity index (χ0v) is 13.9. The van der Waals surface area contributed by atoms with E-state index < -0.39 is 0 Å². The van der Waals surface area contributed by atoms with Gasteiger partial charge >= 0.3 is 0 Å². The number of halogens is 2. The Morgan fingerprint density at radius 2 is 0.958 bits per heavy atom. The maximum absolute atomic E-state index is 9.92. The van der Waals surface area contributed by atoms with Crippen molar-refractivity contribution in [3.8, 4) is 11.5 Å². The van der Waals surface area contributed by atoms with Crippen molar-refractivity contribution in [2.45, 2.75) is 0 Å². The lowest BCUT2D eigenvalue weighted by Crippen LogP contribution is -1.93. The predicted octanol–water partition coefficient (Wildman–Crippen LogP) is 5.89. The SMILES string of the molecule is Oc1c(Cl)cccc1Nc1ccc(Nc2cccc(Cl)c2O)cc1. The van der Waals surface area contributed by atoms with E-state index in [4.69, 9.17) is 23.2 Å². The van der Waals surface area contributed by atoms with Gasteiger partial charge in [0.25, 0.3) is 0 Å². The van der Waals surface area contributed by atoms with E-state index in [2.05, 4.69) is 10.6 Å². The molecule has 0 fully saturated rings. The fourth-order valence-electron chi connectivity index (χ4n) is 2.18. The van der Waals surface area contributed by atoms with E-state index in [-0.39, 0.29) is 21.5 Å². The summed E-state index contributed by atoms with van der Waals surface area (Å²) in [5, 5.41) is 26.6. The van der Waals surface area contributed by atoms with Gasteiger partial charge in [-0.2, -0.15) is 0 Å². The number of para-hydroxylation sites is 2. The van der Waals surface area contributed by atoms with Crippen LogP contribution in [0.1, 0.15) is 0 Å². The molecule has 0 atom stereocenters. The molecule has 0 amide bonds. The van der Waals surface area contributed by atoms with Gasteiger partial charge in [-0.1, -0.05) is 35.3 Å². The van der Waals surface area contributed by atoms with Gasteiger partial charge in [-0.05, 0) is 48.5 Å². The fraction of sp³-hybridized carbons (Fsp3) is 0. The van der Waals surface area contributed by atoms with Crippen LogP contribution < -0.4 is 10.6 Å². The molecule has 3 aromatic rings. The summed E-state index contributed by atoms with van der Waals surface area (Å²) < 4.78 is 0. The average molecular weight is 361 g/mol. The first-order chi connectivity index (χ1) is 11.5. The van der Waals surface area contributed by atoms with Crippen molar-refractivity contribution in [2.75, 3.05) is 10.6 Å². The molecule has 0 spiro atoms. The second kappa shape index (κ2) is 6.91. The second-order valence-electron chi connectivity index (χ2n) is 5.10. The van der Waals surface area contributed by atoms with Gasteiger partial charge in [0.05, 0.1) is 21.4 Å². The van der Waals surface area contributed by atoms with Crippen molar-refractivity contribution < 1.29 is 10.2 Å². The molecule has 0 aliphatic rings. The summed E-state index contributed by atoms with van der Waals surface area (Å²) in [5.41, 5.74) is 2.62. The number of aromatic hydroxyl groups is 2. The van der Waals surface area contributed by atoms with E-state index in [0.29, 0.717) is 11.4 Å². The molecule has 6 heteroatoms. The van der Waals surface area contributed by atoms with Crippen molar-refractivity contribution in [3.63, 3.8) is 0 Å². The standard InChI is InChI=1S/C18H14Cl2N2O2/c19-13-3-1-5-15(17(13)23)21-11-7-9-12(10-8-11)22-16-6-2-4-14(20)18(16)24/h1-10,21-24H. The van der Waals surface area contributed by atoms with Crippen molar-refractivity contribution in [3.05, 3.63) is 70.7 Å². The summed E-state index contributed by atoms with van der Waals surface area (Å²) in [6, 6.07) is 17.6. The van der Waals surface area contributed by atoms with E-state index in [1.807, 2.05) is 24.3 Å². The van der Waals surface area contributed by atoms with E-state index in [0.717, 1.165) is 11.4 Å². The summed E-state index contributed by atoms with van der Waals surface area (Å²) in [6.45, 7) is 0. The lowest BCUT2D eigenvalue weighted by molar-refractivity contribution is 0.477. The summed E-state index contributed by atoms with van der Waals surface area (Å²) >= 11 is 11.8. The van der Waals surface area contributed by atoms with Crippen LogP contribution in [0, 0.1) is 0 Å². The first-order valence-electron chi connectivity index (χ1n) is 7.13. The van der Waals surface area contributed by atoms with Gasteiger partial charge in [-0.3, -0.25) is 0 Å². The molecule has 3 aromatic carbocycles. The van der Waals surface area contributed by atoms with Gasteiger partial charge in [0.2, 0.25) is 0 Å². The van der Waals surface area contributed by atoms with E-state index in [1.165, 1.54) is 0 Å². The van der Waals surface area contributed by atoms with Crippen LogP contribution in [-0.4, -0.2) is 10.2 Å². The van der Waals surface area contributed by atoms with Crippen LogP contribution in [0.5, 0.6) is 11.5 Å². The molecule has 0 saturated heterocycles. The topological polar surface area (TPSA) is 64.5 Å². The highest BCUT2D eigenvalue weighted by atomic mass is 35.5. The molecule has 0 bridgehead atoms. The van der Waals surface area contributed by atoms with Crippen LogP contribution in [0.2, 0.25) is 10.0 Å². The lowest BCUT2D eigenvalue weighted by atomic mass is 10.2. The Morgan fingerprint density at radius 3 is 1.33 bits per heavy atom. The van der Waals surface area contributed by atoms with Gasteiger partial charge in [-0.15, -0.1) is 0 Å². The average Bonchev–Trinajstić information content (AvgIpc) is 2.58. The van der Waals surface area contributed by atoms with Gasteiger partial charge in [0.15, 0.2) is 11.5 Å². The van der Waals surface area contributed by atoms with Gasteiger partial charge in [0, 0.05) is 11.4 Å². The zero-order chi connectivity index (χ0) is 17.1. The number of phenolic OH excluding ortho intramolecular Hbond substituents is 2. The Bertz CT molecular complexity index is 795. The lowest BCUT2D eigenvalue weighted by Gasteiger charge is -2.12. The molecule has 0 saturated carbocycles. The number of benzene rings is 3. The molecule has 0 radical (unpaired) electrons. The summed E-state index contributed by atoms with van der Waals surface area (Å²) in [6.07, 6.45) is 0. The first kappa shape index (κ1) is 16.3. The van der Waals surface area contributed by atoms with Crippen LogP contribution in [0.4, 0.5) is 22.7 Å². The third-order valence-corrected chi connectivity index (χ3v) is 4.03. The van der Waals surface area contributed by atoms with Crippen LogP contribution in [0.3, 0.4) is 0 Å². The third kappa shape index (κ3) is 3.50. The van der Waals surface area contributed by atoms with Gasteiger partial charge in [0.1, 0.15) is 0 Å². The molecule has 24 heavy (non-hydrogen) atoms. The number of hydrogen-bond donors (Lipinski definition) is 4. The first-order valence-corrected chi connectivity index (χ1v) is 7.89. The quantitative estimate of drug-likeness (QED) is 0.438. The fourth-order valence-corrected chi connectivity index (χ4v) is 2.53. The highest BCUT2D eigenvalue weighted by Crippen LogP contribution is 2.35. The molecule has 0 heterocycles. The largest absolute Gasteiger partial charge is 0.504 e. The molecule has 3 rings (SSSR count). The number of nitrogens with one attached hydrogen (secondary N) is 2. The van der Waals surface area contributed by atoms with Crippen molar-refractivity contribution in [1.82, 2.24) is 0 Å². The molecule has 4 N–H and O–H groups in total. The Kier molecular flexibility index (Phi) is 4.69. The highest BCUT2D eigenvalue weighted by Gasteiger charge is 2.07. The maximum atomic E-state index is 9.92. The third-order valence-electron chi connectivity index (χ3n) is 3.42. The van der Waals surface area contributed by atoms with Crippen LogP contribution in [-0.2, 0) is 0 Å². The smallest absolute Gasteiger partial charge is 0.157 e. The number of anilines is 4. The van der Waals surface area contributed by atoms with Gasteiger partial charge < -0.3 is 20.8 Å². The summed E-state index contributed by atoms with van der Waals surface area (Å²) in [5.74, 6) is 0.00966. The molecular formula is C18H14Cl2N2O2. The second-order valence-corrected chi connectivity index (χ2v) is 5.91. The minimum absolute atomic E-state index is 0.00483. The Balaban J connectivity index is 1.76. The van der Waals surface area contributed by atoms with Crippen molar-refractivity contribution >= 4 is 46.0 Å². The molecule has 0 aliphatic carbocycles. The summed E-state index contributed by atoms with van der Waals surface area (Å²) in [4.78, 5) is 0. The predicted molar refractivity (Wildman–Crippen MR) is 99.2 cm³/mol. The van der Waals surface area contributed by atoms with Gasteiger partial charge in [-0.25, -0.2) is 0 Å². The van der Waals surface area contributed by atoms with Crippen LogP contribution in [0.25, 0.3) is 0 Å². The molecule has 0 aromatic heterocycles. The number of phenols is 2. The van der Waals surface area contributed by atoms with Crippen molar-refractivity contribution in [2.24, 2.45) is 0 Å². The molecule has 0 unspecified atom stereocenters. The summed E-state index contributed by atoms with van der Waals surface area (Å²) in [7, 11) is 0. The molecule has 0 aliphatic heterocycles. The number of hydrogen-bond acceptors (Lipinski definition) is 4. The normalized spacial score (nSPS) is 10.4. The Hall–Kier alpha value is -2.56. The van der Waals surface area contributed by atoms with E-state index >= 15 is 0 Å². The van der Waals surface area contributed by atoms with Crippen LogP contribution >= 0.6 is 23.2 Å². The molecule has 122 valence electrons. The number of rotatable bonds is 4. The maximum Gasteiger partial charge on any atom is 0.157 e. The van der Waals surface area contributed by atoms with Crippen LogP contribution in [0.15, 0.2) is 60.7 Å². The Labute approximate surface area is 149 Å². The minimum Gasteiger partial charge on any atom is -0.504 e. The zero-order valence-electron chi connectivity index (χ0n) is 12.4. The minimum atomic E-state index is 0.00483. The van der Waals surface area contributed by atoms with E-state index in [9.17, 15) is 10.2 Å². The monoisotopic (exact) mass is 360 g/mol. The molecule has 4 nitrogen and oxygen atoms in total.